The number of fused-ring (bicyclic) bond motifs is 1. The number of esters is 1. The van der Waals surface area contributed by atoms with Gasteiger partial charge in [0.1, 0.15) is 19.8 Å². The van der Waals surface area contributed by atoms with Crippen molar-refractivity contribution in [1.82, 2.24) is 9.47 Å². The van der Waals surface area contributed by atoms with Crippen LogP contribution in [0.1, 0.15) is 17.0 Å². The minimum absolute atomic E-state index is 0.270. The summed E-state index contributed by atoms with van der Waals surface area (Å²) < 4.78 is 17.9. The Morgan fingerprint density at radius 2 is 1.90 bits per heavy atom. The Bertz CT molecular complexity index is 1090. The van der Waals surface area contributed by atoms with Gasteiger partial charge >= 0.3 is 5.97 Å². The second-order valence-electron chi connectivity index (χ2n) is 6.83. The Morgan fingerprint density at radius 3 is 2.63 bits per heavy atom. The largest absolute Gasteiger partial charge is 0.486 e. The third-order valence-electron chi connectivity index (χ3n) is 4.93. The summed E-state index contributed by atoms with van der Waals surface area (Å²) in [5.74, 6) is 0.263. The number of nitrogens with zero attached hydrogens (tertiary/aromatic N) is 2. The molecule has 0 saturated carbocycles. The van der Waals surface area contributed by atoms with Crippen molar-refractivity contribution in [2.75, 3.05) is 26.9 Å². The average molecular weight is 428 g/mol. The van der Waals surface area contributed by atoms with Gasteiger partial charge in [-0.2, -0.15) is 0 Å². The molecule has 1 fully saturated rings. The molecule has 2 amide bonds. The predicted molar refractivity (Wildman–Crippen MR) is 111 cm³/mol. The number of methoxy groups -OCH3 is 1. The summed E-state index contributed by atoms with van der Waals surface area (Å²) in [7, 11) is 1.21. The van der Waals surface area contributed by atoms with Crippen LogP contribution in [-0.4, -0.2) is 53.5 Å². The van der Waals surface area contributed by atoms with Crippen LogP contribution in [0.4, 0.5) is 4.79 Å². The number of hydrogen-bond acceptors (Lipinski definition) is 7. The van der Waals surface area contributed by atoms with Gasteiger partial charge in [0.2, 0.25) is 0 Å². The monoisotopic (exact) mass is 428 g/mol. The topological polar surface area (TPSA) is 87.1 Å². The van der Waals surface area contributed by atoms with Gasteiger partial charge in [0.15, 0.2) is 11.5 Å². The lowest BCUT2D eigenvalue weighted by atomic mass is 10.2. The third kappa shape index (κ3) is 3.56. The van der Waals surface area contributed by atoms with Crippen molar-refractivity contribution < 1.29 is 28.6 Å². The summed E-state index contributed by atoms with van der Waals surface area (Å²) in [5, 5.41) is -0.489. The Labute approximate surface area is 177 Å². The molecule has 2 aliphatic heterocycles. The number of carbonyl (C=O) groups excluding carboxylic acids is 3. The highest BCUT2D eigenvalue weighted by molar-refractivity contribution is 8.18. The summed E-state index contributed by atoms with van der Waals surface area (Å²) in [4.78, 5) is 37.3. The molecule has 1 saturated heterocycles. The van der Waals surface area contributed by atoms with E-state index < -0.39 is 23.7 Å². The molecule has 1 aromatic heterocycles. The summed E-state index contributed by atoms with van der Waals surface area (Å²) in [6.45, 7) is 4.54. The van der Waals surface area contributed by atoms with Crippen LogP contribution in [0.3, 0.4) is 0 Å². The second kappa shape index (κ2) is 7.91. The Balaban J connectivity index is 1.65. The normalized spacial score (nSPS) is 17.0. The lowest BCUT2D eigenvalue weighted by molar-refractivity contribution is -0.143. The van der Waals surface area contributed by atoms with Gasteiger partial charge in [0.25, 0.3) is 11.1 Å². The summed E-state index contributed by atoms with van der Waals surface area (Å²) in [6, 6.07) is 7.69. The SMILES string of the molecule is COC(=O)CN1C(=O)S/C(=C\c2cc(C)n(-c3ccc4c(c3)OCCO4)c2C)C1=O. The second-order valence-corrected chi connectivity index (χ2v) is 7.83. The molecule has 0 spiro atoms. The first-order valence-corrected chi connectivity index (χ1v) is 10.1. The third-order valence-corrected chi connectivity index (χ3v) is 5.84. The van der Waals surface area contributed by atoms with Crippen LogP contribution >= 0.6 is 11.8 Å². The first-order valence-electron chi connectivity index (χ1n) is 9.30. The van der Waals surface area contributed by atoms with Gasteiger partial charge in [-0.1, -0.05) is 0 Å². The van der Waals surface area contributed by atoms with Crippen LogP contribution in [0, 0.1) is 13.8 Å². The standard InChI is InChI=1S/C21H20N2O6S/c1-12-8-14(9-18-20(25)22(21(26)30-18)11-19(24)27-3)13(2)23(12)15-4-5-16-17(10-15)29-7-6-28-16/h4-5,8-10H,6-7,11H2,1-3H3/b18-9-. The number of amides is 2. The number of imide groups is 1. The van der Waals surface area contributed by atoms with E-state index in [-0.39, 0.29) is 4.91 Å². The Morgan fingerprint density at radius 1 is 1.17 bits per heavy atom. The maximum Gasteiger partial charge on any atom is 0.325 e. The molecule has 0 bridgehead atoms. The molecular weight excluding hydrogens is 408 g/mol. The highest BCUT2D eigenvalue weighted by Gasteiger charge is 2.36. The van der Waals surface area contributed by atoms with E-state index in [2.05, 4.69) is 4.74 Å². The number of aryl methyl sites for hydroxylation is 1. The molecule has 3 heterocycles. The first kappa shape index (κ1) is 20.1. The van der Waals surface area contributed by atoms with E-state index >= 15 is 0 Å². The van der Waals surface area contributed by atoms with E-state index in [1.807, 2.05) is 42.7 Å². The fraction of sp³-hybridized carbons (Fsp3) is 0.286. The van der Waals surface area contributed by atoms with Crippen LogP contribution in [0.25, 0.3) is 11.8 Å². The number of thioether (sulfide) groups is 1. The van der Waals surface area contributed by atoms with E-state index in [4.69, 9.17) is 9.47 Å². The number of rotatable bonds is 4. The minimum atomic E-state index is -0.643. The summed E-state index contributed by atoms with van der Waals surface area (Å²) in [6.07, 6.45) is 1.68. The average Bonchev–Trinajstić information content (AvgIpc) is 3.16. The molecule has 0 unspecified atom stereocenters. The predicted octanol–water partition coefficient (Wildman–Crippen LogP) is 3.07. The van der Waals surface area contributed by atoms with Crippen molar-refractivity contribution in [1.29, 1.82) is 0 Å². The number of hydrogen-bond donors (Lipinski definition) is 0. The zero-order valence-corrected chi connectivity index (χ0v) is 17.6. The molecule has 9 heteroatoms. The van der Waals surface area contributed by atoms with Crippen LogP contribution < -0.4 is 9.47 Å². The molecule has 0 aliphatic carbocycles. The lowest BCUT2D eigenvalue weighted by Gasteiger charge is -2.20. The van der Waals surface area contributed by atoms with E-state index in [0.29, 0.717) is 24.7 Å². The smallest absolute Gasteiger partial charge is 0.325 e. The van der Waals surface area contributed by atoms with Crippen molar-refractivity contribution >= 4 is 35.0 Å². The fourth-order valence-corrected chi connectivity index (χ4v) is 4.30. The summed E-state index contributed by atoms with van der Waals surface area (Å²) in [5.41, 5.74) is 3.59. The van der Waals surface area contributed by atoms with Gasteiger partial charge in [-0.15, -0.1) is 0 Å². The van der Waals surface area contributed by atoms with Crippen LogP contribution in [-0.2, 0) is 14.3 Å². The van der Waals surface area contributed by atoms with Crippen molar-refractivity contribution in [3.8, 4) is 17.2 Å². The van der Waals surface area contributed by atoms with Gasteiger partial charge in [0.05, 0.1) is 12.0 Å². The number of ether oxygens (including phenoxy) is 3. The molecule has 2 aromatic rings. The van der Waals surface area contributed by atoms with Gasteiger partial charge in [-0.25, -0.2) is 0 Å². The highest BCUT2D eigenvalue weighted by atomic mass is 32.2. The van der Waals surface area contributed by atoms with Crippen molar-refractivity contribution in [2.24, 2.45) is 0 Å². The van der Waals surface area contributed by atoms with E-state index in [0.717, 1.165) is 39.3 Å². The number of aromatic nitrogens is 1. The molecule has 30 heavy (non-hydrogen) atoms. The van der Waals surface area contributed by atoms with E-state index in [9.17, 15) is 14.4 Å². The van der Waals surface area contributed by atoms with Gasteiger partial charge in [-0.3, -0.25) is 19.3 Å². The van der Waals surface area contributed by atoms with E-state index in [1.54, 1.807) is 6.08 Å². The van der Waals surface area contributed by atoms with Crippen molar-refractivity contribution in [3.63, 3.8) is 0 Å². The molecule has 2 aliphatic rings. The molecule has 0 atom stereocenters. The fourth-order valence-electron chi connectivity index (χ4n) is 3.47. The molecule has 156 valence electrons. The van der Waals surface area contributed by atoms with Crippen LogP contribution in [0.5, 0.6) is 11.5 Å². The maximum atomic E-state index is 12.6. The minimum Gasteiger partial charge on any atom is -0.486 e. The molecular formula is C21H20N2O6S. The maximum absolute atomic E-state index is 12.6. The molecule has 4 rings (SSSR count). The highest BCUT2D eigenvalue weighted by Crippen LogP contribution is 2.36. The first-order chi connectivity index (χ1) is 14.4. The van der Waals surface area contributed by atoms with Gasteiger partial charge < -0.3 is 18.8 Å². The number of carbonyl (C=O) groups is 3. The molecule has 0 radical (unpaired) electrons. The molecule has 0 N–H and O–H groups in total. The van der Waals surface area contributed by atoms with Crippen LogP contribution in [0.2, 0.25) is 0 Å². The quantitative estimate of drug-likeness (QED) is 0.546. The lowest BCUT2D eigenvalue weighted by Crippen LogP contribution is -2.34. The molecule has 1 aromatic carbocycles. The van der Waals surface area contributed by atoms with Crippen molar-refractivity contribution in [3.05, 3.63) is 46.1 Å². The Hall–Kier alpha value is -3.20. The zero-order valence-electron chi connectivity index (χ0n) is 16.8. The molecule has 8 nitrogen and oxygen atoms in total. The Kier molecular flexibility index (Phi) is 5.29. The summed E-state index contributed by atoms with van der Waals surface area (Å²) >= 11 is 0.812. The van der Waals surface area contributed by atoms with Gasteiger partial charge in [0, 0.05) is 23.1 Å². The number of benzene rings is 1. The van der Waals surface area contributed by atoms with E-state index in [1.165, 1.54) is 7.11 Å². The van der Waals surface area contributed by atoms with Gasteiger partial charge in [-0.05, 0) is 55.4 Å². The van der Waals surface area contributed by atoms with Crippen molar-refractivity contribution in [2.45, 2.75) is 13.8 Å². The van der Waals surface area contributed by atoms with Crippen LogP contribution in [0.15, 0.2) is 29.2 Å². The zero-order chi connectivity index (χ0) is 21.4.